The standard InChI is InChI=1S/C27H24N2O4/c1-33-26(31)21-13-11-18(12-14-21)17-28-27(32)29-25(20-8-3-2-4-9-20)24-22-10-6-5-7-19(22)15-16-23(24)30/h2-16,25,30H,17H2,1H3,(H2,28,29,32)/t25-/m0/s1. The van der Waals surface area contributed by atoms with Crippen molar-refractivity contribution in [2.45, 2.75) is 12.6 Å². The summed E-state index contributed by atoms with van der Waals surface area (Å²) in [7, 11) is 1.33. The lowest BCUT2D eigenvalue weighted by Crippen LogP contribution is -2.38. The smallest absolute Gasteiger partial charge is 0.337 e. The van der Waals surface area contributed by atoms with Crippen LogP contribution in [0.15, 0.2) is 91.0 Å². The molecule has 6 heteroatoms. The van der Waals surface area contributed by atoms with E-state index in [0.717, 1.165) is 21.9 Å². The van der Waals surface area contributed by atoms with Crippen LogP contribution >= 0.6 is 0 Å². The van der Waals surface area contributed by atoms with Crippen LogP contribution in [-0.4, -0.2) is 24.2 Å². The SMILES string of the molecule is COC(=O)c1ccc(CNC(=O)N[C@@H](c2ccccc2)c2c(O)ccc3ccccc23)cc1. The highest BCUT2D eigenvalue weighted by Gasteiger charge is 2.22. The second-order valence-corrected chi connectivity index (χ2v) is 7.58. The summed E-state index contributed by atoms with van der Waals surface area (Å²) in [5.74, 6) is -0.297. The highest BCUT2D eigenvalue weighted by molar-refractivity contribution is 5.90. The highest BCUT2D eigenvalue weighted by atomic mass is 16.5. The first-order valence-electron chi connectivity index (χ1n) is 10.5. The van der Waals surface area contributed by atoms with Crippen molar-refractivity contribution in [1.29, 1.82) is 0 Å². The van der Waals surface area contributed by atoms with Gasteiger partial charge >= 0.3 is 12.0 Å². The Morgan fingerprint density at radius 2 is 1.58 bits per heavy atom. The summed E-state index contributed by atoms with van der Waals surface area (Å²) in [6.07, 6.45) is 0. The Morgan fingerprint density at radius 3 is 2.30 bits per heavy atom. The number of ether oxygens (including phenoxy) is 1. The first-order chi connectivity index (χ1) is 16.1. The summed E-state index contributed by atoms with van der Waals surface area (Å²) in [4.78, 5) is 24.4. The van der Waals surface area contributed by atoms with Crippen molar-refractivity contribution in [2.75, 3.05) is 7.11 Å². The number of fused-ring (bicyclic) bond motifs is 1. The minimum absolute atomic E-state index is 0.112. The average molecular weight is 440 g/mol. The fraction of sp³-hybridized carbons (Fsp3) is 0.111. The zero-order valence-electron chi connectivity index (χ0n) is 18.1. The van der Waals surface area contributed by atoms with Gasteiger partial charge in [0.05, 0.1) is 18.7 Å². The summed E-state index contributed by atoms with van der Waals surface area (Å²) in [6.45, 7) is 0.274. The number of rotatable bonds is 6. The molecular formula is C27H24N2O4. The third-order valence-corrected chi connectivity index (χ3v) is 5.47. The molecule has 0 bridgehead atoms. The fourth-order valence-corrected chi connectivity index (χ4v) is 3.80. The van der Waals surface area contributed by atoms with E-state index in [0.29, 0.717) is 11.1 Å². The van der Waals surface area contributed by atoms with Crippen LogP contribution in [0.5, 0.6) is 5.75 Å². The molecule has 0 unspecified atom stereocenters. The quantitative estimate of drug-likeness (QED) is 0.371. The number of hydrogen-bond acceptors (Lipinski definition) is 4. The van der Waals surface area contributed by atoms with E-state index in [1.807, 2.05) is 60.7 Å². The lowest BCUT2D eigenvalue weighted by molar-refractivity contribution is 0.0600. The van der Waals surface area contributed by atoms with Gasteiger partial charge in [-0.05, 0) is 40.1 Å². The Balaban J connectivity index is 1.57. The lowest BCUT2D eigenvalue weighted by atomic mass is 9.93. The number of methoxy groups -OCH3 is 1. The van der Waals surface area contributed by atoms with E-state index in [9.17, 15) is 14.7 Å². The Kier molecular flexibility index (Phi) is 6.55. The van der Waals surface area contributed by atoms with Crippen LogP contribution < -0.4 is 10.6 Å². The number of nitrogens with one attached hydrogen (secondary N) is 2. The van der Waals surface area contributed by atoms with E-state index in [1.165, 1.54) is 7.11 Å². The molecule has 0 aromatic heterocycles. The molecule has 33 heavy (non-hydrogen) atoms. The maximum Gasteiger partial charge on any atom is 0.337 e. The van der Waals surface area contributed by atoms with Crippen LogP contribution in [0.4, 0.5) is 4.79 Å². The van der Waals surface area contributed by atoms with Crippen LogP contribution in [0.2, 0.25) is 0 Å². The topological polar surface area (TPSA) is 87.7 Å². The molecule has 4 rings (SSSR count). The zero-order valence-corrected chi connectivity index (χ0v) is 18.1. The second kappa shape index (κ2) is 9.87. The van der Waals surface area contributed by atoms with Crippen LogP contribution in [0.3, 0.4) is 0 Å². The van der Waals surface area contributed by atoms with Crippen molar-refractivity contribution in [3.63, 3.8) is 0 Å². The number of phenolic OH excluding ortho intramolecular Hbond substituents is 1. The van der Waals surface area contributed by atoms with Gasteiger partial charge in [0.2, 0.25) is 0 Å². The molecule has 0 fully saturated rings. The molecule has 0 aliphatic heterocycles. The maximum absolute atomic E-state index is 12.9. The van der Waals surface area contributed by atoms with Crippen LogP contribution in [0.25, 0.3) is 10.8 Å². The van der Waals surface area contributed by atoms with Gasteiger partial charge in [0.25, 0.3) is 0 Å². The number of aromatic hydroxyl groups is 1. The predicted molar refractivity (Wildman–Crippen MR) is 127 cm³/mol. The minimum atomic E-state index is -0.556. The van der Waals surface area contributed by atoms with E-state index in [2.05, 4.69) is 10.6 Å². The molecule has 4 aromatic rings. The van der Waals surface area contributed by atoms with Gasteiger partial charge in [0.15, 0.2) is 0 Å². The van der Waals surface area contributed by atoms with E-state index >= 15 is 0 Å². The van der Waals surface area contributed by atoms with Gasteiger partial charge in [-0.3, -0.25) is 0 Å². The maximum atomic E-state index is 12.9. The molecule has 0 saturated heterocycles. The summed E-state index contributed by atoms with van der Waals surface area (Å²) in [5.41, 5.74) is 2.77. The van der Waals surface area contributed by atoms with Gasteiger partial charge in [-0.25, -0.2) is 9.59 Å². The third-order valence-electron chi connectivity index (χ3n) is 5.47. The van der Waals surface area contributed by atoms with Crippen molar-refractivity contribution < 1.29 is 19.4 Å². The summed E-state index contributed by atoms with van der Waals surface area (Å²) >= 11 is 0. The van der Waals surface area contributed by atoms with Crippen molar-refractivity contribution in [3.05, 3.63) is 113 Å². The number of phenols is 1. The Labute approximate surface area is 191 Å². The molecule has 0 spiro atoms. The number of urea groups is 1. The summed E-state index contributed by atoms with van der Waals surface area (Å²) < 4.78 is 4.70. The summed E-state index contributed by atoms with van der Waals surface area (Å²) in [5, 5.41) is 18.4. The first kappa shape index (κ1) is 21.9. The lowest BCUT2D eigenvalue weighted by Gasteiger charge is -2.23. The molecule has 3 N–H and O–H groups in total. The molecule has 0 radical (unpaired) electrons. The average Bonchev–Trinajstić information content (AvgIpc) is 2.86. The number of esters is 1. The summed E-state index contributed by atoms with van der Waals surface area (Å²) in [6, 6.07) is 26.7. The van der Waals surface area contributed by atoms with E-state index in [1.54, 1.807) is 30.3 Å². The molecule has 0 saturated carbocycles. The number of amides is 2. The van der Waals surface area contributed by atoms with Crippen molar-refractivity contribution in [3.8, 4) is 5.75 Å². The van der Waals surface area contributed by atoms with Gasteiger partial charge in [0.1, 0.15) is 5.75 Å². The fourth-order valence-electron chi connectivity index (χ4n) is 3.80. The van der Waals surface area contributed by atoms with Crippen molar-refractivity contribution >= 4 is 22.8 Å². The number of carbonyl (C=O) groups is 2. The molecule has 4 aromatic carbocycles. The second-order valence-electron chi connectivity index (χ2n) is 7.58. The zero-order chi connectivity index (χ0) is 23.2. The van der Waals surface area contributed by atoms with Gasteiger partial charge in [0, 0.05) is 12.1 Å². The van der Waals surface area contributed by atoms with E-state index in [4.69, 9.17) is 4.74 Å². The van der Waals surface area contributed by atoms with Crippen molar-refractivity contribution in [1.82, 2.24) is 10.6 Å². The molecule has 1 atom stereocenters. The van der Waals surface area contributed by atoms with Crippen LogP contribution in [-0.2, 0) is 11.3 Å². The largest absolute Gasteiger partial charge is 0.508 e. The Hall–Kier alpha value is -4.32. The minimum Gasteiger partial charge on any atom is -0.508 e. The van der Waals surface area contributed by atoms with E-state index < -0.39 is 12.0 Å². The molecule has 0 heterocycles. The Bertz CT molecular complexity index is 1270. The van der Waals surface area contributed by atoms with Gasteiger partial charge in [-0.2, -0.15) is 0 Å². The highest BCUT2D eigenvalue weighted by Crippen LogP contribution is 2.35. The molecular weight excluding hydrogens is 416 g/mol. The van der Waals surface area contributed by atoms with Gasteiger partial charge in [-0.1, -0.05) is 72.8 Å². The van der Waals surface area contributed by atoms with Crippen molar-refractivity contribution in [2.24, 2.45) is 0 Å². The first-order valence-corrected chi connectivity index (χ1v) is 10.5. The molecule has 0 aliphatic rings. The van der Waals surface area contributed by atoms with Gasteiger partial charge < -0.3 is 20.5 Å². The normalized spacial score (nSPS) is 11.5. The molecule has 166 valence electrons. The number of carbonyl (C=O) groups excluding carboxylic acids is 2. The Morgan fingerprint density at radius 1 is 0.879 bits per heavy atom. The third kappa shape index (κ3) is 4.96. The van der Waals surface area contributed by atoms with Crippen LogP contribution in [0.1, 0.15) is 33.1 Å². The molecule has 2 amide bonds. The number of hydrogen-bond donors (Lipinski definition) is 3. The number of benzene rings is 4. The predicted octanol–water partition coefficient (Wildman–Crippen LogP) is 4.92. The monoisotopic (exact) mass is 440 g/mol. The molecule has 0 aliphatic carbocycles. The van der Waals surface area contributed by atoms with E-state index in [-0.39, 0.29) is 18.3 Å². The molecule has 6 nitrogen and oxygen atoms in total. The van der Waals surface area contributed by atoms with Gasteiger partial charge in [-0.15, -0.1) is 0 Å². The van der Waals surface area contributed by atoms with Crippen LogP contribution in [0, 0.1) is 0 Å².